The maximum absolute atomic E-state index is 6.58. The van der Waals surface area contributed by atoms with E-state index in [1.54, 1.807) is 16.7 Å². The van der Waals surface area contributed by atoms with Crippen LogP contribution < -0.4 is 0 Å². The zero-order valence-corrected chi connectivity index (χ0v) is 41.4. The topological polar surface area (TPSA) is 26.3 Å². The van der Waals surface area contributed by atoms with Crippen molar-refractivity contribution in [3.05, 3.63) is 178 Å². The maximum Gasteiger partial charge on any atom is 0.139 e. The maximum atomic E-state index is 6.58. The molecule has 2 aliphatic rings. The van der Waals surface area contributed by atoms with Crippen LogP contribution in [0.25, 0.3) is 66.1 Å². The molecule has 0 aliphatic heterocycles. The first kappa shape index (κ1) is 46.3. The van der Waals surface area contributed by atoms with E-state index in [1.165, 1.54) is 149 Å². The molecule has 0 saturated heterocycles. The minimum absolute atomic E-state index is 0.560. The highest BCUT2D eigenvalue weighted by Gasteiger charge is 2.25. The lowest BCUT2D eigenvalue weighted by Crippen LogP contribution is -2.09. The predicted molar refractivity (Wildman–Crippen MR) is 288 cm³/mol. The molecule has 0 radical (unpaired) electrons. The van der Waals surface area contributed by atoms with Crippen LogP contribution in [0.4, 0.5) is 0 Å². The normalized spacial score (nSPS) is 15.1. The highest BCUT2D eigenvalue weighted by Crippen LogP contribution is 2.44. The van der Waals surface area contributed by atoms with Crippen LogP contribution in [0, 0.1) is 27.7 Å². The summed E-state index contributed by atoms with van der Waals surface area (Å²) in [6.45, 7) is 15.6. The van der Waals surface area contributed by atoms with Crippen molar-refractivity contribution in [3.63, 3.8) is 0 Å². The minimum atomic E-state index is 0.560. The van der Waals surface area contributed by atoms with Crippen molar-refractivity contribution < 1.29 is 8.83 Å². The molecule has 344 valence electrons. The molecule has 1 unspecified atom stereocenters. The first-order valence-corrected chi connectivity index (χ1v) is 25.8. The Balaban J connectivity index is 0.000000163. The van der Waals surface area contributed by atoms with Crippen molar-refractivity contribution in [1.29, 1.82) is 0 Å². The molecule has 2 heteroatoms. The second kappa shape index (κ2) is 21.0. The van der Waals surface area contributed by atoms with Gasteiger partial charge in [0.25, 0.3) is 0 Å². The van der Waals surface area contributed by atoms with Gasteiger partial charge in [-0.05, 0) is 181 Å². The van der Waals surface area contributed by atoms with Crippen molar-refractivity contribution in [2.75, 3.05) is 0 Å². The zero-order chi connectivity index (χ0) is 46.4. The van der Waals surface area contributed by atoms with Crippen LogP contribution in [-0.2, 0) is 6.42 Å². The first-order valence-electron chi connectivity index (χ1n) is 25.8. The summed E-state index contributed by atoms with van der Waals surface area (Å²) in [5.74, 6) is 1.93. The molecule has 0 bridgehead atoms. The van der Waals surface area contributed by atoms with Crippen LogP contribution in [0.1, 0.15) is 160 Å². The van der Waals surface area contributed by atoms with E-state index in [9.17, 15) is 0 Å². The summed E-state index contributed by atoms with van der Waals surface area (Å²) in [5, 5.41) is 5.00. The van der Waals surface area contributed by atoms with Crippen molar-refractivity contribution in [2.45, 2.75) is 150 Å². The molecular weight excluding hydrogens is 813 g/mol. The van der Waals surface area contributed by atoms with Gasteiger partial charge in [0.05, 0.1) is 0 Å². The Kier molecular flexibility index (Phi) is 14.5. The molecule has 0 amide bonds. The van der Waals surface area contributed by atoms with Gasteiger partial charge in [-0.2, -0.15) is 0 Å². The third-order valence-electron chi connectivity index (χ3n) is 15.4. The summed E-state index contributed by atoms with van der Waals surface area (Å²) in [4.78, 5) is 0. The van der Waals surface area contributed by atoms with E-state index < -0.39 is 0 Å². The molecule has 7 aromatic carbocycles. The third-order valence-corrected chi connectivity index (χ3v) is 15.4. The van der Waals surface area contributed by atoms with Gasteiger partial charge >= 0.3 is 0 Å². The first-order chi connectivity index (χ1) is 32.7. The van der Waals surface area contributed by atoms with E-state index in [-0.39, 0.29) is 0 Å². The summed E-state index contributed by atoms with van der Waals surface area (Å²) in [6.07, 6.45) is 17.0. The van der Waals surface area contributed by atoms with Gasteiger partial charge in [0.2, 0.25) is 0 Å². The highest BCUT2D eigenvalue weighted by molar-refractivity contribution is 6.15. The Bertz CT molecular complexity index is 2930. The van der Waals surface area contributed by atoms with E-state index in [1.807, 2.05) is 0 Å². The van der Waals surface area contributed by atoms with E-state index in [4.69, 9.17) is 8.83 Å². The molecule has 9 aromatic rings. The monoisotopic (exact) mass is 885 g/mol. The molecule has 0 spiro atoms. The molecule has 0 N–H and O–H groups in total. The van der Waals surface area contributed by atoms with E-state index in [0.717, 1.165) is 28.8 Å². The van der Waals surface area contributed by atoms with E-state index in [0.29, 0.717) is 17.8 Å². The molecule has 2 saturated carbocycles. The molecule has 1 atom stereocenters. The van der Waals surface area contributed by atoms with E-state index in [2.05, 4.69) is 182 Å². The van der Waals surface area contributed by atoms with E-state index >= 15 is 0 Å². The number of rotatable bonds is 8. The Labute approximate surface area is 400 Å². The molecule has 67 heavy (non-hydrogen) atoms. The lowest BCUT2D eigenvalue weighted by Gasteiger charge is -2.26. The fourth-order valence-corrected chi connectivity index (χ4v) is 11.4. The second-order valence-corrected chi connectivity index (χ2v) is 20.1. The SMILES string of the molecule is CCCc1cc2c(cc1C1CCCCC1)oc1cc3oc4cc(C5CCCCC5)c(C(C)CC)cc4c3cc12.Cc1ccccc1-c1ccccc1C.Cc1ccccc1-c1ccccc1C. The molecule has 2 heterocycles. The Morgan fingerprint density at radius 2 is 0.806 bits per heavy atom. The fraction of sp³-hybridized carbons (Fsp3) is 0.354. The van der Waals surface area contributed by atoms with Crippen LogP contribution in [-0.4, -0.2) is 0 Å². The predicted octanol–water partition coefficient (Wildman–Crippen LogP) is 20.0. The zero-order valence-electron chi connectivity index (χ0n) is 41.4. The fourth-order valence-electron chi connectivity index (χ4n) is 11.4. The van der Waals surface area contributed by atoms with Gasteiger partial charge in [-0.25, -0.2) is 0 Å². The molecule has 2 nitrogen and oxygen atoms in total. The minimum Gasteiger partial charge on any atom is -0.456 e. The summed E-state index contributed by atoms with van der Waals surface area (Å²) >= 11 is 0. The number of fused-ring (bicyclic) bond motifs is 6. The lowest BCUT2D eigenvalue weighted by molar-refractivity contribution is 0.439. The van der Waals surface area contributed by atoms with Crippen LogP contribution in [0.5, 0.6) is 0 Å². The smallest absolute Gasteiger partial charge is 0.139 e. The molecule has 2 fully saturated rings. The molecular formula is C65H72O2. The van der Waals surface area contributed by atoms with Gasteiger partial charge in [0, 0.05) is 27.6 Å². The third kappa shape index (κ3) is 9.92. The quantitative estimate of drug-likeness (QED) is 0.152. The second-order valence-electron chi connectivity index (χ2n) is 20.1. The van der Waals surface area contributed by atoms with Crippen LogP contribution in [0.3, 0.4) is 0 Å². The molecule has 2 aliphatic carbocycles. The molecule has 2 aromatic heterocycles. The summed E-state index contributed by atoms with van der Waals surface area (Å²) in [6, 6.07) is 48.3. The Morgan fingerprint density at radius 3 is 1.22 bits per heavy atom. The average Bonchev–Trinajstić information content (AvgIpc) is 3.90. The lowest BCUT2D eigenvalue weighted by atomic mass is 9.79. The summed E-state index contributed by atoms with van der Waals surface area (Å²) < 4.78 is 13.1. The number of aryl methyl sites for hydroxylation is 5. The number of hydrogen-bond donors (Lipinski definition) is 0. The number of benzene rings is 7. The van der Waals surface area contributed by atoms with Gasteiger partial charge in [-0.1, -0.05) is 163 Å². The standard InChI is InChI=1S/C37H44O2.2C14H14/c1-4-12-26-17-30-32-19-33-31-18-27(23(3)5-2)29(25-15-10-7-11-16-25)21-35(31)39-37(33)22-36(32)38-34(30)20-28(26)24-13-8-6-9-14-24;2*1-11-7-3-5-9-13(11)14-10-6-4-8-12(14)2/h17-25H,4-16H2,1-3H3;2*3-10H,1-2H3. The number of furan rings is 2. The Hall–Kier alpha value is -5.86. The van der Waals surface area contributed by atoms with Gasteiger partial charge in [0.1, 0.15) is 22.3 Å². The van der Waals surface area contributed by atoms with Crippen LogP contribution in [0.15, 0.2) is 142 Å². The number of hydrogen-bond acceptors (Lipinski definition) is 2. The van der Waals surface area contributed by atoms with Crippen molar-refractivity contribution >= 4 is 43.9 Å². The molecule has 11 rings (SSSR count). The Morgan fingerprint density at radius 1 is 0.433 bits per heavy atom. The van der Waals surface area contributed by atoms with Crippen LogP contribution in [0.2, 0.25) is 0 Å². The van der Waals surface area contributed by atoms with Gasteiger partial charge < -0.3 is 8.83 Å². The largest absolute Gasteiger partial charge is 0.456 e. The average molecular weight is 885 g/mol. The summed E-state index contributed by atoms with van der Waals surface area (Å²) in [7, 11) is 0. The van der Waals surface area contributed by atoms with Crippen molar-refractivity contribution in [1.82, 2.24) is 0 Å². The van der Waals surface area contributed by atoms with Gasteiger partial charge in [-0.15, -0.1) is 0 Å². The van der Waals surface area contributed by atoms with Gasteiger partial charge in [-0.3, -0.25) is 0 Å². The van der Waals surface area contributed by atoms with Gasteiger partial charge in [0.15, 0.2) is 0 Å². The highest BCUT2D eigenvalue weighted by atomic mass is 16.3. The van der Waals surface area contributed by atoms with Crippen molar-refractivity contribution in [2.24, 2.45) is 0 Å². The van der Waals surface area contributed by atoms with Crippen molar-refractivity contribution in [3.8, 4) is 22.3 Å². The summed E-state index contributed by atoms with van der Waals surface area (Å²) in [5.41, 5.74) is 20.9. The van der Waals surface area contributed by atoms with Crippen LogP contribution >= 0.6 is 0 Å².